The first kappa shape index (κ1) is 13.7. The smallest absolute Gasteiger partial charge is 0.335 e. The van der Waals surface area contributed by atoms with Crippen molar-refractivity contribution < 1.29 is 14.7 Å². The van der Waals surface area contributed by atoms with Crippen LogP contribution in [0.4, 0.5) is 0 Å². The number of nitrogens with two attached hydrogens (primary N) is 1. The molecule has 92 valence electrons. The summed E-state index contributed by atoms with van der Waals surface area (Å²) in [5.74, 6) is -1.40. The molecule has 4 N–H and O–H groups in total. The van der Waals surface area contributed by atoms with E-state index in [4.69, 9.17) is 10.8 Å². The number of hydrogen-bond donors (Lipinski definition) is 3. The van der Waals surface area contributed by atoms with Gasteiger partial charge in [-0.2, -0.15) is 0 Å². The number of carbonyl (C=O) groups excluding carboxylic acids is 1. The highest BCUT2D eigenvalue weighted by molar-refractivity contribution is 9.10. The molecule has 17 heavy (non-hydrogen) atoms. The fourth-order valence-electron chi connectivity index (χ4n) is 1.19. The van der Waals surface area contributed by atoms with Gasteiger partial charge in [-0.15, -0.1) is 0 Å². The molecule has 0 aromatic heterocycles. The topological polar surface area (TPSA) is 92.4 Å². The molecule has 1 amide bonds. The molecule has 1 aromatic carbocycles. The summed E-state index contributed by atoms with van der Waals surface area (Å²) < 4.78 is 0.682. The minimum atomic E-state index is -0.976. The fourth-order valence-corrected chi connectivity index (χ4v) is 1.71. The maximum absolute atomic E-state index is 10.8. The molecule has 0 saturated heterocycles. The predicted octanol–water partition coefficient (Wildman–Crippen LogP) is 1.11. The van der Waals surface area contributed by atoms with E-state index < -0.39 is 17.9 Å². The van der Waals surface area contributed by atoms with Crippen LogP contribution in [0.15, 0.2) is 22.7 Å². The average molecular weight is 301 g/mol. The molecule has 1 atom stereocenters. The summed E-state index contributed by atoms with van der Waals surface area (Å²) in [6.45, 7) is 2.10. The molecule has 5 nitrogen and oxygen atoms in total. The maximum atomic E-state index is 10.8. The fraction of sp³-hybridized carbons (Fsp3) is 0.273. The van der Waals surface area contributed by atoms with E-state index in [0.29, 0.717) is 11.0 Å². The van der Waals surface area contributed by atoms with E-state index in [9.17, 15) is 9.59 Å². The quantitative estimate of drug-likeness (QED) is 0.759. The van der Waals surface area contributed by atoms with E-state index in [0.717, 1.165) is 5.56 Å². The number of rotatable bonds is 5. The summed E-state index contributed by atoms with van der Waals surface area (Å²) in [6.07, 6.45) is 0. The number of carboxylic acids is 1. The molecule has 0 saturated carbocycles. The monoisotopic (exact) mass is 300 g/mol. The van der Waals surface area contributed by atoms with Crippen LogP contribution in [0.2, 0.25) is 0 Å². The first-order chi connectivity index (χ1) is 7.91. The van der Waals surface area contributed by atoms with E-state index in [-0.39, 0.29) is 5.56 Å². The van der Waals surface area contributed by atoms with Crippen molar-refractivity contribution in [2.75, 3.05) is 0 Å². The van der Waals surface area contributed by atoms with Crippen molar-refractivity contribution in [3.63, 3.8) is 0 Å². The SMILES string of the molecule is CC(NCc1ccc(C(=O)O)cc1Br)C(N)=O. The summed E-state index contributed by atoms with van der Waals surface area (Å²) in [4.78, 5) is 21.5. The second-order valence-electron chi connectivity index (χ2n) is 3.62. The van der Waals surface area contributed by atoms with Gasteiger partial charge in [-0.3, -0.25) is 4.79 Å². The van der Waals surface area contributed by atoms with Crippen LogP contribution in [0.3, 0.4) is 0 Å². The Morgan fingerprint density at radius 1 is 1.53 bits per heavy atom. The Morgan fingerprint density at radius 2 is 2.18 bits per heavy atom. The highest BCUT2D eigenvalue weighted by Crippen LogP contribution is 2.18. The van der Waals surface area contributed by atoms with Gasteiger partial charge in [-0.05, 0) is 24.6 Å². The molecule has 1 unspecified atom stereocenters. The number of primary amides is 1. The van der Waals surface area contributed by atoms with Crippen molar-refractivity contribution in [3.8, 4) is 0 Å². The van der Waals surface area contributed by atoms with E-state index in [2.05, 4.69) is 21.2 Å². The second-order valence-corrected chi connectivity index (χ2v) is 4.47. The van der Waals surface area contributed by atoms with Gasteiger partial charge in [-0.1, -0.05) is 22.0 Å². The van der Waals surface area contributed by atoms with Crippen molar-refractivity contribution in [1.29, 1.82) is 0 Å². The molecular weight excluding hydrogens is 288 g/mol. The number of hydrogen-bond acceptors (Lipinski definition) is 3. The van der Waals surface area contributed by atoms with Crippen LogP contribution in [0.25, 0.3) is 0 Å². The predicted molar refractivity (Wildman–Crippen MR) is 66.6 cm³/mol. The van der Waals surface area contributed by atoms with Crippen LogP contribution in [0.5, 0.6) is 0 Å². The summed E-state index contributed by atoms with van der Waals surface area (Å²) >= 11 is 3.28. The molecule has 0 heterocycles. The van der Waals surface area contributed by atoms with Crippen LogP contribution in [-0.4, -0.2) is 23.0 Å². The van der Waals surface area contributed by atoms with Crippen molar-refractivity contribution >= 4 is 27.8 Å². The van der Waals surface area contributed by atoms with Gasteiger partial charge in [0.2, 0.25) is 5.91 Å². The third-order valence-corrected chi connectivity index (χ3v) is 3.06. The Kier molecular flexibility index (Phi) is 4.65. The van der Waals surface area contributed by atoms with Crippen molar-refractivity contribution in [2.45, 2.75) is 19.5 Å². The van der Waals surface area contributed by atoms with Crippen molar-refractivity contribution in [3.05, 3.63) is 33.8 Å². The number of carboxylic acid groups (broad SMARTS) is 1. The third kappa shape index (κ3) is 3.83. The Balaban J connectivity index is 2.73. The zero-order chi connectivity index (χ0) is 13.0. The van der Waals surface area contributed by atoms with Gasteiger partial charge in [0, 0.05) is 11.0 Å². The normalized spacial score (nSPS) is 12.1. The Hall–Kier alpha value is -1.40. The lowest BCUT2D eigenvalue weighted by atomic mass is 10.1. The molecule has 0 aliphatic carbocycles. The zero-order valence-corrected chi connectivity index (χ0v) is 10.8. The Morgan fingerprint density at radius 3 is 2.65 bits per heavy atom. The van der Waals surface area contributed by atoms with Crippen LogP contribution in [0, 0.1) is 0 Å². The molecule has 0 bridgehead atoms. The number of nitrogens with one attached hydrogen (secondary N) is 1. The lowest BCUT2D eigenvalue weighted by Crippen LogP contribution is -2.38. The molecule has 1 rings (SSSR count). The molecule has 0 radical (unpaired) electrons. The second kappa shape index (κ2) is 5.79. The van der Waals surface area contributed by atoms with Crippen molar-refractivity contribution in [2.24, 2.45) is 5.73 Å². The van der Waals surface area contributed by atoms with Gasteiger partial charge in [0.25, 0.3) is 0 Å². The number of aromatic carboxylic acids is 1. The van der Waals surface area contributed by atoms with Crippen LogP contribution in [0.1, 0.15) is 22.8 Å². The summed E-state index contributed by atoms with van der Waals surface area (Å²) in [5.41, 5.74) is 6.19. The number of amides is 1. The molecular formula is C11H13BrN2O3. The van der Waals surface area contributed by atoms with E-state index in [1.165, 1.54) is 12.1 Å². The maximum Gasteiger partial charge on any atom is 0.335 e. The number of benzene rings is 1. The van der Waals surface area contributed by atoms with Gasteiger partial charge in [0.05, 0.1) is 11.6 Å². The third-order valence-electron chi connectivity index (χ3n) is 2.33. The highest BCUT2D eigenvalue weighted by Gasteiger charge is 2.10. The van der Waals surface area contributed by atoms with Crippen LogP contribution in [-0.2, 0) is 11.3 Å². The standard InChI is InChI=1S/C11H13BrN2O3/c1-6(10(13)15)14-5-8-3-2-7(11(16)17)4-9(8)12/h2-4,6,14H,5H2,1H3,(H2,13,15)(H,16,17). The van der Waals surface area contributed by atoms with Crippen LogP contribution < -0.4 is 11.1 Å². The molecule has 0 aliphatic rings. The van der Waals surface area contributed by atoms with Gasteiger partial charge in [0.15, 0.2) is 0 Å². The van der Waals surface area contributed by atoms with Gasteiger partial charge in [-0.25, -0.2) is 4.79 Å². The average Bonchev–Trinajstić information content (AvgIpc) is 2.26. The minimum absolute atomic E-state index is 0.212. The van der Waals surface area contributed by atoms with Gasteiger partial charge < -0.3 is 16.2 Å². The Bertz CT molecular complexity index is 448. The van der Waals surface area contributed by atoms with Crippen LogP contribution >= 0.6 is 15.9 Å². The first-order valence-corrected chi connectivity index (χ1v) is 5.75. The summed E-state index contributed by atoms with van der Waals surface area (Å²) in [6, 6.07) is 4.29. The molecule has 0 aliphatic heterocycles. The zero-order valence-electron chi connectivity index (χ0n) is 9.24. The largest absolute Gasteiger partial charge is 0.478 e. The molecule has 0 spiro atoms. The molecule has 0 fully saturated rings. The first-order valence-electron chi connectivity index (χ1n) is 4.96. The molecule has 1 aromatic rings. The summed E-state index contributed by atoms with van der Waals surface area (Å²) in [7, 11) is 0. The van der Waals surface area contributed by atoms with E-state index in [1.54, 1.807) is 13.0 Å². The number of carbonyl (C=O) groups is 2. The lowest BCUT2D eigenvalue weighted by Gasteiger charge is -2.11. The van der Waals surface area contributed by atoms with Gasteiger partial charge in [0.1, 0.15) is 0 Å². The Labute approximate surface area is 107 Å². The highest BCUT2D eigenvalue weighted by atomic mass is 79.9. The summed E-state index contributed by atoms with van der Waals surface area (Å²) in [5, 5.41) is 11.7. The van der Waals surface area contributed by atoms with Gasteiger partial charge >= 0.3 is 5.97 Å². The van der Waals surface area contributed by atoms with E-state index in [1.807, 2.05) is 0 Å². The van der Waals surface area contributed by atoms with Crippen molar-refractivity contribution in [1.82, 2.24) is 5.32 Å². The number of halogens is 1. The lowest BCUT2D eigenvalue weighted by molar-refractivity contribution is -0.119. The molecule has 6 heteroatoms. The van der Waals surface area contributed by atoms with E-state index >= 15 is 0 Å². The minimum Gasteiger partial charge on any atom is -0.478 e.